The molecule has 3 aromatic rings. The largest absolute Gasteiger partial charge is 0.355 e. The molecule has 12 heteroatoms. The number of hydrogen-bond acceptors (Lipinski definition) is 6. The van der Waals surface area contributed by atoms with Gasteiger partial charge in [-0.1, -0.05) is 19.9 Å². The number of amides is 4. The number of nitrogens with one attached hydrogen (secondary N) is 2. The molecule has 216 valence electrons. The van der Waals surface area contributed by atoms with Gasteiger partial charge < -0.3 is 20.4 Å². The molecule has 0 aliphatic carbocycles. The maximum Gasteiger partial charge on any atom is 0.259 e. The number of nitrogens with zero attached hydrogens (tertiary/aromatic N) is 5. The summed E-state index contributed by atoms with van der Waals surface area (Å²) >= 11 is 0. The van der Waals surface area contributed by atoms with Crippen molar-refractivity contribution in [3.63, 3.8) is 0 Å². The Kier molecular flexibility index (Phi) is 8.27. The van der Waals surface area contributed by atoms with Crippen molar-refractivity contribution in [1.82, 2.24) is 35.0 Å². The molecule has 2 bridgehead atoms. The topological polar surface area (TPSA) is 129 Å². The van der Waals surface area contributed by atoms with Crippen LogP contribution in [0.1, 0.15) is 59.4 Å². The third-order valence-electron chi connectivity index (χ3n) is 7.72. The molecule has 1 fully saturated rings. The first kappa shape index (κ1) is 28.2. The number of halogens is 1. The summed E-state index contributed by atoms with van der Waals surface area (Å²) in [5.74, 6) is -2.41. The van der Waals surface area contributed by atoms with Gasteiger partial charge in [-0.05, 0) is 55.4 Å². The standard InChI is InChI=1S/C29H34FN7O4/c1-18(2)23-16-35(28(40)21-15-33-37-13-5-11-32-26(21)37)17-25(38)31-10-3-6-19-8-9-22(30)20(14-19)29(41)36-12-4-7-24(36)27(39)34-23/h5,8-9,11,13-15,18,23-24H,3-4,6-7,10,12,16-17H2,1-2H3,(H,31,38)(H,34,39)/t23-,24-/m0/s1. The Balaban J connectivity index is 1.46. The molecule has 2 aromatic heterocycles. The Labute approximate surface area is 237 Å². The quantitative estimate of drug-likeness (QED) is 0.490. The molecule has 11 nitrogen and oxygen atoms in total. The van der Waals surface area contributed by atoms with Crippen LogP contribution in [0.15, 0.2) is 42.9 Å². The normalized spacial score (nSPS) is 21.0. The van der Waals surface area contributed by atoms with Crippen molar-refractivity contribution in [3.05, 3.63) is 65.4 Å². The average molecular weight is 564 g/mol. The number of rotatable bonds is 2. The molecule has 2 aliphatic heterocycles. The Morgan fingerprint density at radius 1 is 1.17 bits per heavy atom. The summed E-state index contributed by atoms with van der Waals surface area (Å²) < 4.78 is 16.2. The smallest absolute Gasteiger partial charge is 0.259 e. The van der Waals surface area contributed by atoms with E-state index in [-0.39, 0.29) is 41.9 Å². The third-order valence-corrected chi connectivity index (χ3v) is 7.72. The van der Waals surface area contributed by atoms with Crippen LogP contribution in [0.2, 0.25) is 0 Å². The van der Waals surface area contributed by atoms with Gasteiger partial charge in [-0.15, -0.1) is 0 Å². The zero-order valence-electron chi connectivity index (χ0n) is 23.2. The van der Waals surface area contributed by atoms with Gasteiger partial charge in [0.15, 0.2) is 5.65 Å². The third kappa shape index (κ3) is 6.06. The number of carbonyl (C=O) groups excluding carboxylic acids is 4. The zero-order valence-corrected chi connectivity index (χ0v) is 23.2. The molecule has 5 rings (SSSR count). The van der Waals surface area contributed by atoms with E-state index in [1.54, 1.807) is 24.5 Å². The lowest BCUT2D eigenvalue weighted by Crippen LogP contribution is -2.54. The maximum absolute atomic E-state index is 14.8. The van der Waals surface area contributed by atoms with Gasteiger partial charge in [-0.3, -0.25) is 19.2 Å². The molecule has 1 aromatic carbocycles. The van der Waals surface area contributed by atoms with Crippen molar-refractivity contribution in [3.8, 4) is 0 Å². The summed E-state index contributed by atoms with van der Waals surface area (Å²) in [6, 6.07) is 4.83. The molecule has 2 aliphatic rings. The van der Waals surface area contributed by atoms with Crippen LogP contribution < -0.4 is 10.6 Å². The van der Waals surface area contributed by atoms with Crippen LogP contribution in [0.25, 0.3) is 5.65 Å². The van der Waals surface area contributed by atoms with Crippen LogP contribution in [0, 0.1) is 11.7 Å². The van der Waals surface area contributed by atoms with Gasteiger partial charge in [0.2, 0.25) is 11.8 Å². The van der Waals surface area contributed by atoms with E-state index >= 15 is 0 Å². The Morgan fingerprint density at radius 2 is 2.00 bits per heavy atom. The fourth-order valence-electron chi connectivity index (χ4n) is 5.39. The number of fused-ring (bicyclic) bond motifs is 4. The van der Waals surface area contributed by atoms with Crippen LogP contribution in [-0.4, -0.2) is 86.3 Å². The SMILES string of the molecule is CC(C)[C@@H]1CN(C(=O)c2cnn3cccnc23)CC(=O)NCCCc2ccc(F)c(c2)C(=O)N2CCC[C@H]2C(=O)N1. The van der Waals surface area contributed by atoms with Gasteiger partial charge in [-0.2, -0.15) is 5.10 Å². The molecular weight excluding hydrogens is 529 g/mol. The molecule has 2 atom stereocenters. The first-order valence-corrected chi connectivity index (χ1v) is 14.0. The summed E-state index contributed by atoms with van der Waals surface area (Å²) in [6.45, 7) is 4.32. The fraction of sp³-hybridized carbons (Fsp3) is 0.448. The van der Waals surface area contributed by atoms with Crippen LogP contribution in [0.5, 0.6) is 0 Å². The van der Waals surface area contributed by atoms with Gasteiger partial charge in [0.05, 0.1) is 18.3 Å². The molecule has 0 radical (unpaired) electrons. The second-order valence-electron chi connectivity index (χ2n) is 10.9. The first-order chi connectivity index (χ1) is 19.7. The molecule has 1 saturated heterocycles. The van der Waals surface area contributed by atoms with Gasteiger partial charge in [-0.25, -0.2) is 13.9 Å². The predicted molar refractivity (Wildman–Crippen MR) is 147 cm³/mol. The van der Waals surface area contributed by atoms with Gasteiger partial charge in [0.25, 0.3) is 11.8 Å². The van der Waals surface area contributed by atoms with E-state index < -0.39 is 29.7 Å². The van der Waals surface area contributed by atoms with Crippen molar-refractivity contribution in [1.29, 1.82) is 0 Å². The second kappa shape index (κ2) is 12.0. The molecule has 0 unspecified atom stereocenters. The van der Waals surface area contributed by atoms with Gasteiger partial charge in [0, 0.05) is 38.1 Å². The van der Waals surface area contributed by atoms with Crippen molar-refractivity contribution in [2.24, 2.45) is 5.92 Å². The van der Waals surface area contributed by atoms with E-state index in [0.717, 1.165) is 5.56 Å². The van der Waals surface area contributed by atoms with Crippen molar-refractivity contribution in [2.75, 3.05) is 26.2 Å². The molecule has 41 heavy (non-hydrogen) atoms. The number of aryl methyl sites for hydroxylation is 1. The Bertz CT molecular complexity index is 1470. The van der Waals surface area contributed by atoms with Crippen molar-refractivity contribution < 1.29 is 23.6 Å². The molecule has 4 amide bonds. The first-order valence-electron chi connectivity index (χ1n) is 14.0. The van der Waals surface area contributed by atoms with Crippen LogP contribution >= 0.6 is 0 Å². The lowest BCUT2D eigenvalue weighted by Gasteiger charge is -2.32. The van der Waals surface area contributed by atoms with E-state index in [0.29, 0.717) is 44.4 Å². The molecule has 0 spiro atoms. The van der Waals surface area contributed by atoms with E-state index in [1.807, 2.05) is 13.8 Å². The van der Waals surface area contributed by atoms with Gasteiger partial charge >= 0.3 is 0 Å². The maximum atomic E-state index is 14.8. The highest BCUT2D eigenvalue weighted by atomic mass is 19.1. The summed E-state index contributed by atoms with van der Waals surface area (Å²) in [6.07, 6.45) is 6.78. The predicted octanol–water partition coefficient (Wildman–Crippen LogP) is 1.82. The lowest BCUT2D eigenvalue weighted by molar-refractivity contribution is -0.126. The number of carbonyl (C=O) groups is 4. The highest BCUT2D eigenvalue weighted by Crippen LogP contribution is 2.23. The van der Waals surface area contributed by atoms with Crippen molar-refractivity contribution >= 4 is 29.3 Å². The molecule has 2 N–H and O–H groups in total. The molecule has 0 saturated carbocycles. The minimum atomic E-state index is -0.765. The Morgan fingerprint density at radius 3 is 2.80 bits per heavy atom. The van der Waals surface area contributed by atoms with Crippen LogP contribution in [0.4, 0.5) is 4.39 Å². The molecular formula is C29H34FN7O4. The number of hydrogen-bond donors (Lipinski definition) is 2. The summed E-state index contributed by atoms with van der Waals surface area (Å²) in [5, 5.41) is 10.1. The highest BCUT2D eigenvalue weighted by molar-refractivity contribution is 6.01. The summed E-state index contributed by atoms with van der Waals surface area (Å²) in [7, 11) is 0. The van der Waals surface area contributed by atoms with Crippen LogP contribution in [-0.2, 0) is 16.0 Å². The average Bonchev–Trinajstić information content (AvgIpc) is 3.62. The minimum absolute atomic E-state index is 0.0515. The van der Waals surface area contributed by atoms with E-state index in [1.165, 1.54) is 32.6 Å². The highest BCUT2D eigenvalue weighted by Gasteiger charge is 2.37. The number of aromatic nitrogens is 3. The molecule has 4 heterocycles. The minimum Gasteiger partial charge on any atom is -0.355 e. The monoisotopic (exact) mass is 563 g/mol. The lowest BCUT2D eigenvalue weighted by atomic mass is 10.0. The fourth-order valence-corrected chi connectivity index (χ4v) is 5.39. The Hall–Kier alpha value is -4.35. The number of benzene rings is 1. The zero-order chi connectivity index (χ0) is 29.1. The second-order valence-corrected chi connectivity index (χ2v) is 10.9. The van der Waals surface area contributed by atoms with E-state index in [4.69, 9.17) is 0 Å². The van der Waals surface area contributed by atoms with E-state index in [2.05, 4.69) is 20.7 Å². The van der Waals surface area contributed by atoms with Crippen LogP contribution in [0.3, 0.4) is 0 Å². The van der Waals surface area contributed by atoms with Crippen molar-refractivity contribution in [2.45, 2.75) is 51.6 Å². The summed E-state index contributed by atoms with van der Waals surface area (Å²) in [4.78, 5) is 60.9. The van der Waals surface area contributed by atoms with Gasteiger partial charge in [0.1, 0.15) is 17.4 Å². The van der Waals surface area contributed by atoms with E-state index in [9.17, 15) is 23.6 Å². The summed E-state index contributed by atoms with van der Waals surface area (Å²) in [5.41, 5.74) is 1.30.